The average Bonchev–Trinajstić information content (AvgIpc) is 3.01. The van der Waals surface area contributed by atoms with Crippen LogP contribution in [0.2, 0.25) is 5.02 Å². The average molecular weight is 342 g/mol. The van der Waals surface area contributed by atoms with E-state index in [9.17, 15) is 4.79 Å². The van der Waals surface area contributed by atoms with E-state index in [1.807, 2.05) is 43.3 Å². The van der Waals surface area contributed by atoms with Gasteiger partial charge in [0.05, 0.1) is 17.8 Å². The van der Waals surface area contributed by atoms with Crippen molar-refractivity contribution in [2.75, 3.05) is 0 Å². The van der Waals surface area contributed by atoms with Gasteiger partial charge in [-0.15, -0.1) is 5.10 Å². The quantitative estimate of drug-likeness (QED) is 0.572. The van der Waals surface area contributed by atoms with Crippen LogP contribution in [0.4, 0.5) is 0 Å². The van der Waals surface area contributed by atoms with Gasteiger partial charge in [-0.3, -0.25) is 4.79 Å². The Bertz CT molecular complexity index is 885. The van der Waals surface area contributed by atoms with E-state index in [0.29, 0.717) is 17.3 Å². The third-order valence-electron chi connectivity index (χ3n) is 3.58. The number of amides is 1. The highest BCUT2D eigenvalue weighted by Gasteiger charge is 2.06. The van der Waals surface area contributed by atoms with E-state index < -0.39 is 0 Å². The molecule has 1 aromatic heterocycles. The molecular weight excluding hydrogens is 326 g/mol. The summed E-state index contributed by atoms with van der Waals surface area (Å²) < 4.78 is 1.71. The third-order valence-corrected chi connectivity index (χ3v) is 3.83. The Morgan fingerprint density at radius 2 is 1.96 bits per heavy atom. The molecule has 7 heteroatoms. The summed E-state index contributed by atoms with van der Waals surface area (Å²) in [5, 5.41) is 12.9. The number of carbonyl (C=O) groups is 1. The van der Waals surface area contributed by atoms with Crippen molar-refractivity contribution in [3.8, 4) is 0 Å². The number of para-hydroxylation sites is 1. The number of carbonyl (C=O) groups excluding carboxylic acids is 1. The topological polar surface area (TPSA) is 72.2 Å². The molecule has 0 fully saturated rings. The van der Waals surface area contributed by atoms with Crippen LogP contribution in [0.1, 0.15) is 18.9 Å². The van der Waals surface area contributed by atoms with Gasteiger partial charge in [0.1, 0.15) is 5.52 Å². The van der Waals surface area contributed by atoms with Crippen LogP contribution in [-0.2, 0) is 11.3 Å². The molecule has 0 bridgehead atoms. The third kappa shape index (κ3) is 3.78. The molecule has 1 amide bonds. The van der Waals surface area contributed by atoms with Crippen molar-refractivity contribution in [3.05, 3.63) is 59.1 Å². The Hall–Kier alpha value is -2.73. The minimum absolute atomic E-state index is 0.178. The number of rotatable bonds is 5. The molecule has 0 saturated carbocycles. The van der Waals surface area contributed by atoms with Gasteiger partial charge in [-0.2, -0.15) is 5.10 Å². The highest BCUT2D eigenvalue weighted by Crippen LogP contribution is 2.11. The molecule has 0 radical (unpaired) electrons. The summed E-state index contributed by atoms with van der Waals surface area (Å²) in [6.45, 7) is 2.27. The number of nitrogens with zero attached hydrogens (tertiary/aromatic N) is 4. The Morgan fingerprint density at radius 3 is 2.75 bits per heavy atom. The van der Waals surface area contributed by atoms with Crippen molar-refractivity contribution in [1.82, 2.24) is 20.4 Å². The summed E-state index contributed by atoms with van der Waals surface area (Å²) in [6.07, 6.45) is 0.269. The van der Waals surface area contributed by atoms with E-state index >= 15 is 0 Å². The molecule has 122 valence electrons. The fourth-order valence-electron chi connectivity index (χ4n) is 2.25. The molecule has 6 nitrogen and oxygen atoms in total. The van der Waals surface area contributed by atoms with Crippen LogP contribution in [0.5, 0.6) is 0 Å². The molecule has 0 aliphatic rings. The van der Waals surface area contributed by atoms with Gasteiger partial charge in [0, 0.05) is 11.4 Å². The molecule has 1 heterocycles. The minimum atomic E-state index is -0.178. The first-order chi connectivity index (χ1) is 11.6. The zero-order valence-electron chi connectivity index (χ0n) is 13.1. The zero-order valence-corrected chi connectivity index (χ0v) is 13.9. The van der Waals surface area contributed by atoms with E-state index in [2.05, 4.69) is 20.8 Å². The molecule has 0 saturated heterocycles. The lowest BCUT2D eigenvalue weighted by molar-refractivity contribution is -0.121. The summed E-state index contributed by atoms with van der Waals surface area (Å²) in [5.74, 6) is -0.178. The van der Waals surface area contributed by atoms with Crippen LogP contribution in [0.25, 0.3) is 11.0 Å². The molecule has 3 aromatic rings. The standard InChI is InChI=1S/C17H16ClN5O/c1-12(13-6-8-14(18)9-7-13)19-21-17(24)10-11-23-16-5-3-2-4-15(16)20-22-23/h2-9H,10-11H2,1H3,(H,21,24)/b19-12-. The minimum Gasteiger partial charge on any atom is -0.273 e. The van der Waals surface area contributed by atoms with Crippen LogP contribution in [0.15, 0.2) is 53.6 Å². The first-order valence-corrected chi connectivity index (χ1v) is 7.88. The molecule has 1 N–H and O–H groups in total. The Kier molecular flexibility index (Phi) is 4.86. The van der Waals surface area contributed by atoms with E-state index in [0.717, 1.165) is 16.6 Å². The summed E-state index contributed by atoms with van der Waals surface area (Å²) in [6, 6.07) is 14.9. The van der Waals surface area contributed by atoms with Gasteiger partial charge in [-0.1, -0.05) is 41.1 Å². The lowest BCUT2D eigenvalue weighted by Crippen LogP contribution is -2.21. The van der Waals surface area contributed by atoms with Crippen LogP contribution < -0.4 is 5.43 Å². The second-order valence-electron chi connectivity index (χ2n) is 5.29. The number of hydrazone groups is 1. The van der Waals surface area contributed by atoms with Crippen LogP contribution in [0.3, 0.4) is 0 Å². The smallest absolute Gasteiger partial charge is 0.241 e. The van der Waals surface area contributed by atoms with Crippen molar-refractivity contribution in [2.45, 2.75) is 19.9 Å². The fourth-order valence-corrected chi connectivity index (χ4v) is 2.37. The molecule has 0 aliphatic heterocycles. The summed E-state index contributed by atoms with van der Waals surface area (Å²) in [5.41, 5.74) is 5.90. The van der Waals surface area contributed by atoms with Gasteiger partial charge < -0.3 is 0 Å². The second kappa shape index (κ2) is 7.23. The molecule has 24 heavy (non-hydrogen) atoms. The number of nitrogens with one attached hydrogen (secondary N) is 1. The molecule has 2 aromatic carbocycles. The molecule has 3 rings (SSSR count). The normalized spacial score (nSPS) is 11.7. The molecule has 0 unspecified atom stereocenters. The Labute approximate surface area is 144 Å². The summed E-state index contributed by atoms with van der Waals surface area (Å²) in [4.78, 5) is 12.0. The zero-order chi connectivity index (χ0) is 16.9. The number of aromatic nitrogens is 3. The summed E-state index contributed by atoms with van der Waals surface area (Å²) >= 11 is 5.85. The van der Waals surface area contributed by atoms with Gasteiger partial charge in [-0.05, 0) is 36.8 Å². The Balaban J connectivity index is 1.57. The lowest BCUT2D eigenvalue weighted by Gasteiger charge is -2.04. The molecule has 0 aliphatic carbocycles. The van der Waals surface area contributed by atoms with Gasteiger partial charge in [-0.25, -0.2) is 10.1 Å². The van der Waals surface area contributed by atoms with Gasteiger partial charge in [0.2, 0.25) is 5.91 Å². The van der Waals surface area contributed by atoms with Gasteiger partial charge in [0.15, 0.2) is 0 Å². The van der Waals surface area contributed by atoms with Crippen molar-refractivity contribution < 1.29 is 4.79 Å². The Morgan fingerprint density at radius 1 is 1.21 bits per heavy atom. The molecular formula is C17H16ClN5O. The number of benzene rings is 2. The highest BCUT2D eigenvalue weighted by atomic mass is 35.5. The largest absolute Gasteiger partial charge is 0.273 e. The highest BCUT2D eigenvalue weighted by molar-refractivity contribution is 6.30. The lowest BCUT2D eigenvalue weighted by atomic mass is 10.1. The maximum absolute atomic E-state index is 12.0. The van der Waals surface area contributed by atoms with Crippen LogP contribution >= 0.6 is 11.6 Å². The maximum atomic E-state index is 12.0. The number of hydrogen-bond donors (Lipinski definition) is 1. The van der Waals surface area contributed by atoms with Crippen molar-refractivity contribution in [1.29, 1.82) is 0 Å². The molecule has 0 spiro atoms. The molecule has 0 atom stereocenters. The van der Waals surface area contributed by atoms with Gasteiger partial charge in [0.25, 0.3) is 0 Å². The maximum Gasteiger partial charge on any atom is 0.241 e. The first kappa shape index (κ1) is 16.1. The van der Waals surface area contributed by atoms with Crippen molar-refractivity contribution in [3.63, 3.8) is 0 Å². The van der Waals surface area contributed by atoms with E-state index in [-0.39, 0.29) is 12.3 Å². The van der Waals surface area contributed by atoms with E-state index in [4.69, 9.17) is 11.6 Å². The number of fused-ring (bicyclic) bond motifs is 1. The van der Waals surface area contributed by atoms with E-state index in [1.165, 1.54) is 0 Å². The van der Waals surface area contributed by atoms with Crippen LogP contribution in [0, 0.1) is 0 Å². The van der Waals surface area contributed by atoms with E-state index in [1.54, 1.807) is 16.8 Å². The fraction of sp³-hybridized carbons (Fsp3) is 0.176. The van der Waals surface area contributed by atoms with Crippen molar-refractivity contribution in [2.24, 2.45) is 5.10 Å². The van der Waals surface area contributed by atoms with Gasteiger partial charge >= 0.3 is 0 Å². The SMILES string of the molecule is C/C(=N/NC(=O)CCn1nnc2ccccc21)c1ccc(Cl)cc1. The number of hydrogen-bond acceptors (Lipinski definition) is 4. The second-order valence-corrected chi connectivity index (χ2v) is 5.73. The monoisotopic (exact) mass is 341 g/mol. The first-order valence-electron chi connectivity index (χ1n) is 7.51. The van der Waals surface area contributed by atoms with Crippen molar-refractivity contribution >= 4 is 34.3 Å². The number of halogens is 1. The predicted molar refractivity (Wildman–Crippen MR) is 94.0 cm³/mol. The number of aryl methyl sites for hydroxylation is 1. The predicted octanol–water partition coefficient (Wildman–Crippen LogP) is 3.02. The summed E-state index contributed by atoms with van der Waals surface area (Å²) in [7, 11) is 0. The van der Waals surface area contributed by atoms with Crippen LogP contribution in [-0.4, -0.2) is 26.6 Å².